The van der Waals surface area contributed by atoms with Gasteiger partial charge in [-0.05, 0) is 24.3 Å². The van der Waals surface area contributed by atoms with Crippen molar-refractivity contribution in [1.82, 2.24) is 19.4 Å². The van der Waals surface area contributed by atoms with Gasteiger partial charge >= 0.3 is 5.76 Å². The zero-order valence-corrected chi connectivity index (χ0v) is 13.3. The van der Waals surface area contributed by atoms with Crippen molar-refractivity contribution in [2.75, 3.05) is 11.6 Å². The molecule has 0 aliphatic heterocycles. The summed E-state index contributed by atoms with van der Waals surface area (Å²) in [5, 5.41) is 8.63. The minimum atomic E-state index is -0.373. The molecule has 0 unspecified atom stereocenters. The Hall–Kier alpha value is -2.94. The van der Waals surface area contributed by atoms with Crippen molar-refractivity contribution in [3.63, 3.8) is 0 Å². The van der Waals surface area contributed by atoms with E-state index in [1.54, 1.807) is 29.0 Å². The summed E-state index contributed by atoms with van der Waals surface area (Å²) in [6, 6.07) is 10.8. The maximum Gasteiger partial charge on any atom is 0.419 e. The lowest BCUT2D eigenvalue weighted by atomic mass is 10.3. The molecule has 0 saturated heterocycles. The summed E-state index contributed by atoms with van der Waals surface area (Å²) >= 11 is 1.40. The number of hydrogen-bond donors (Lipinski definition) is 1. The van der Waals surface area contributed by atoms with Gasteiger partial charge in [-0.15, -0.1) is 10.2 Å². The molecule has 0 aliphatic rings. The number of aryl methyl sites for hydroxylation is 1. The second-order valence-corrected chi connectivity index (χ2v) is 6.05. The molecule has 122 valence electrons. The zero-order chi connectivity index (χ0) is 16.5. The van der Waals surface area contributed by atoms with Crippen LogP contribution in [0.4, 0.5) is 0 Å². The number of hydrogen-bond acceptors (Lipinski definition) is 7. The van der Waals surface area contributed by atoms with Gasteiger partial charge in [-0.2, -0.15) is 0 Å². The third-order valence-electron chi connectivity index (χ3n) is 3.53. The van der Waals surface area contributed by atoms with Crippen molar-refractivity contribution < 1.29 is 8.83 Å². The van der Waals surface area contributed by atoms with E-state index < -0.39 is 0 Å². The molecular weight excluding hydrogens is 330 g/mol. The van der Waals surface area contributed by atoms with Crippen LogP contribution in [0.25, 0.3) is 22.7 Å². The summed E-state index contributed by atoms with van der Waals surface area (Å²) in [7, 11) is 0. The molecule has 24 heavy (non-hydrogen) atoms. The molecule has 0 fully saturated rings. The lowest BCUT2D eigenvalue weighted by Crippen LogP contribution is -2.16. The van der Waals surface area contributed by atoms with Gasteiger partial charge < -0.3 is 14.7 Å². The highest BCUT2D eigenvalue weighted by atomic mass is 32.2. The number of aromatic nitrogens is 4. The van der Waals surface area contributed by atoms with Crippen LogP contribution in [-0.4, -0.2) is 25.2 Å². The molecule has 8 nitrogen and oxygen atoms in total. The summed E-state index contributed by atoms with van der Waals surface area (Å²) in [5.41, 5.74) is 1.35. The van der Waals surface area contributed by atoms with Crippen LogP contribution >= 0.6 is 11.8 Å². The highest BCUT2D eigenvalue weighted by Crippen LogP contribution is 2.22. The molecule has 0 spiro atoms. The Bertz CT molecular complexity index is 1030. The van der Waals surface area contributed by atoms with E-state index >= 15 is 0 Å². The van der Waals surface area contributed by atoms with Gasteiger partial charge in [0.05, 0.1) is 11.8 Å². The van der Waals surface area contributed by atoms with Crippen molar-refractivity contribution in [1.29, 1.82) is 0 Å². The van der Waals surface area contributed by atoms with Crippen LogP contribution in [0, 0.1) is 0 Å². The number of oxazole rings is 1. The Morgan fingerprint density at radius 2 is 2.04 bits per heavy atom. The van der Waals surface area contributed by atoms with Crippen LogP contribution in [0.1, 0.15) is 0 Å². The first kappa shape index (κ1) is 14.6. The molecule has 4 aromatic rings. The predicted molar refractivity (Wildman–Crippen MR) is 89.1 cm³/mol. The third kappa shape index (κ3) is 2.48. The first-order valence-electron chi connectivity index (χ1n) is 7.19. The molecule has 4 rings (SSSR count). The fourth-order valence-corrected chi connectivity index (χ4v) is 3.18. The first-order valence-corrected chi connectivity index (χ1v) is 8.18. The van der Waals surface area contributed by atoms with Crippen LogP contribution in [0.15, 0.2) is 61.4 Å². The number of nitrogen functional groups attached to an aromatic ring is 1. The van der Waals surface area contributed by atoms with E-state index in [1.807, 2.05) is 18.2 Å². The fraction of sp³-hybridized carbons (Fsp3) is 0.133. The van der Waals surface area contributed by atoms with Crippen molar-refractivity contribution >= 4 is 22.9 Å². The number of fused-ring (bicyclic) bond motifs is 1. The van der Waals surface area contributed by atoms with Gasteiger partial charge in [0.25, 0.3) is 0 Å². The molecule has 3 heterocycles. The Labute approximate surface area is 139 Å². The van der Waals surface area contributed by atoms with Crippen LogP contribution in [0.5, 0.6) is 0 Å². The van der Waals surface area contributed by atoms with Crippen molar-refractivity contribution in [3.05, 3.63) is 53.2 Å². The van der Waals surface area contributed by atoms with Crippen LogP contribution in [0.2, 0.25) is 0 Å². The van der Waals surface area contributed by atoms with Crippen LogP contribution in [-0.2, 0) is 6.54 Å². The van der Waals surface area contributed by atoms with E-state index in [1.165, 1.54) is 16.4 Å². The second kappa shape index (κ2) is 5.93. The van der Waals surface area contributed by atoms with Gasteiger partial charge in [0, 0.05) is 12.3 Å². The minimum Gasteiger partial charge on any atom is -0.461 e. The molecule has 0 saturated carbocycles. The van der Waals surface area contributed by atoms with Gasteiger partial charge in [-0.3, -0.25) is 4.57 Å². The summed E-state index contributed by atoms with van der Waals surface area (Å²) in [6.07, 6.45) is 1.55. The lowest BCUT2D eigenvalue weighted by molar-refractivity contribution is 0.514. The predicted octanol–water partition coefficient (Wildman–Crippen LogP) is 1.95. The summed E-state index contributed by atoms with van der Waals surface area (Å²) < 4.78 is 13.4. The molecular formula is C15H13N5O3S. The molecule has 1 aromatic carbocycles. The Kier molecular flexibility index (Phi) is 3.62. The number of nitrogens with two attached hydrogens (primary N) is 1. The quantitative estimate of drug-likeness (QED) is 0.436. The number of nitrogens with zero attached hydrogens (tertiary/aromatic N) is 4. The largest absolute Gasteiger partial charge is 0.461 e. The molecule has 0 aliphatic carbocycles. The SMILES string of the molecule is Nn1c(SCCn2c(=O)oc3ccccc32)nnc1-c1ccco1. The summed E-state index contributed by atoms with van der Waals surface area (Å²) in [6.45, 7) is 0.476. The van der Waals surface area contributed by atoms with Gasteiger partial charge in [-0.1, -0.05) is 23.9 Å². The number of para-hydroxylation sites is 2. The highest BCUT2D eigenvalue weighted by Gasteiger charge is 2.15. The summed E-state index contributed by atoms with van der Waals surface area (Å²) in [5.74, 6) is 7.22. The molecule has 0 atom stereocenters. The highest BCUT2D eigenvalue weighted by molar-refractivity contribution is 7.99. The third-order valence-corrected chi connectivity index (χ3v) is 4.45. The van der Waals surface area contributed by atoms with E-state index in [0.29, 0.717) is 34.6 Å². The van der Waals surface area contributed by atoms with Crippen molar-refractivity contribution in [2.45, 2.75) is 11.7 Å². The molecule has 3 aromatic heterocycles. The standard InChI is InChI=1S/C15H13N5O3S/c16-20-13(12-6-3-8-22-12)17-18-14(20)24-9-7-19-10-4-1-2-5-11(10)23-15(19)21/h1-6,8H,7,9,16H2. The Morgan fingerprint density at radius 1 is 1.17 bits per heavy atom. The Morgan fingerprint density at radius 3 is 2.88 bits per heavy atom. The van der Waals surface area contributed by atoms with Gasteiger partial charge in [0.15, 0.2) is 11.3 Å². The van der Waals surface area contributed by atoms with Crippen LogP contribution in [0.3, 0.4) is 0 Å². The average molecular weight is 343 g/mol. The smallest absolute Gasteiger partial charge is 0.419 e. The van der Waals surface area contributed by atoms with Gasteiger partial charge in [0.1, 0.15) is 0 Å². The van der Waals surface area contributed by atoms with E-state index in [4.69, 9.17) is 14.7 Å². The number of rotatable bonds is 5. The van der Waals surface area contributed by atoms with E-state index in [-0.39, 0.29) is 5.76 Å². The molecule has 0 radical (unpaired) electrons. The van der Waals surface area contributed by atoms with Crippen LogP contribution < -0.4 is 11.6 Å². The maximum atomic E-state index is 11.9. The van der Waals surface area contributed by atoms with Crippen molar-refractivity contribution in [3.8, 4) is 11.6 Å². The van der Waals surface area contributed by atoms with Gasteiger partial charge in [-0.25, -0.2) is 9.47 Å². The average Bonchev–Trinajstić information content (AvgIpc) is 3.28. The molecule has 9 heteroatoms. The summed E-state index contributed by atoms with van der Waals surface area (Å²) in [4.78, 5) is 11.9. The monoisotopic (exact) mass is 343 g/mol. The van der Waals surface area contributed by atoms with E-state index in [2.05, 4.69) is 10.2 Å². The number of benzene rings is 1. The normalized spacial score (nSPS) is 11.3. The van der Waals surface area contributed by atoms with E-state index in [9.17, 15) is 4.79 Å². The van der Waals surface area contributed by atoms with Gasteiger partial charge in [0.2, 0.25) is 11.0 Å². The zero-order valence-electron chi connectivity index (χ0n) is 12.5. The molecule has 0 amide bonds. The first-order chi connectivity index (χ1) is 11.7. The van der Waals surface area contributed by atoms with Crippen molar-refractivity contribution in [2.24, 2.45) is 0 Å². The number of furan rings is 1. The topological polar surface area (TPSA) is 105 Å². The maximum absolute atomic E-state index is 11.9. The lowest BCUT2D eigenvalue weighted by Gasteiger charge is -2.03. The fourth-order valence-electron chi connectivity index (χ4n) is 2.40. The second-order valence-electron chi connectivity index (χ2n) is 4.99. The molecule has 2 N–H and O–H groups in total. The number of thioether (sulfide) groups is 1. The Balaban J connectivity index is 1.50. The molecule has 0 bridgehead atoms. The minimum absolute atomic E-state index is 0.373. The van der Waals surface area contributed by atoms with E-state index in [0.717, 1.165) is 5.52 Å².